The van der Waals surface area contributed by atoms with Crippen LogP contribution < -0.4 is 0 Å². The lowest BCUT2D eigenvalue weighted by Gasteiger charge is -2.43. The molecule has 310 valence electrons. The van der Waals surface area contributed by atoms with Gasteiger partial charge in [-0.3, -0.25) is 0 Å². The first-order chi connectivity index (χ1) is 26.1. The predicted octanol–water partition coefficient (Wildman–Crippen LogP) is 15.8. The summed E-state index contributed by atoms with van der Waals surface area (Å²) in [6.45, 7) is 6.58. The van der Waals surface area contributed by atoms with Crippen LogP contribution in [0.2, 0.25) is 0 Å². The van der Waals surface area contributed by atoms with E-state index in [4.69, 9.17) is 9.47 Å². The molecule has 0 radical (unpaired) electrons. The third-order valence-corrected chi connectivity index (χ3v) is 16.1. The second-order valence-corrected chi connectivity index (χ2v) is 20.1. The van der Waals surface area contributed by atoms with E-state index in [0.717, 1.165) is 61.6 Å². The van der Waals surface area contributed by atoms with E-state index >= 15 is 4.39 Å². The van der Waals surface area contributed by atoms with Crippen LogP contribution in [0.5, 0.6) is 0 Å². The Bertz CT molecular complexity index is 806. The summed E-state index contributed by atoms with van der Waals surface area (Å²) in [4.78, 5) is 0. The number of unbranched alkanes of at least 4 members (excludes halogenated alkanes) is 10. The van der Waals surface area contributed by atoms with Gasteiger partial charge in [-0.25, -0.2) is 4.39 Å². The van der Waals surface area contributed by atoms with Gasteiger partial charge in [0.05, 0.1) is 12.2 Å². The summed E-state index contributed by atoms with van der Waals surface area (Å²) in [6.07, 6.45) is 47.9. The molecule has 0 aromatic rings. The largest absolute Gasteiger partial charge is 0.378 e. The average molecular weight is 743 g/mol. The summed E-state index contributed by atoms with van der Waals surface area (Å²) in [6, 6.07) is 0. The van der Waals surface area contributed by atoms with Crippen LogP contribution in [0.15, 0.2) is 0 Å². The van der Waals surface area contributed by atoms with Crippen molar-refractivity contribution in [3.8, 4) is 0 Å². The molecule has 0 aliphatic heterocycles. The zero-order chi connectivity index (χ0) is 36.9. The molecule has 0 N–H and O–H groups in total. The Kier molecular flexibility index (Phi) is 21.5. The minimum Gasteiger partial charge on any atom is -0.378 e. The number of ether oxygens (including phenoxy) is 2. The molecule has 0 heterocycles. The Hall–Kier alpha value is -0.150. The second-order valence-electron chi connectivity index (χ2n) is 20.1. The van der Waals surface area contributed by atoms with Gasteiger partial charge in [0.1, 0.15) is 6.17 Å². The van der Waals surface area contributed by atoms with Gasteiger partial charge >= 0.3 is 0 Å². The van der Waals surface area contributed by atoms with Crippen molar-refractivity contribution in [1.82, 2.24) is 0 Å². The standard InChI is InChI=1S/C50H91FO2/c1-3-5-7-9-11-13-35-52-49-31-23-42(24-32-49)17-15-40-19-27-44(28-20-40)46-37-47(39-48(51)38-46)45-29-21-41(22-30-45)16-18-43-25-33-50(34-26-43)53-36-14-12-10-8-6-4-2/h40-50H,3-39H2,1-2H3. The molecule has 2 atom stereocenters. The van der Waals surface area contributed by atoms with Crippen LogP contribution in [0.4, 0.5) is 4.39 Å². The van der Waals surface area contributed by atoms with Crippen molar-refractivity contribution < 1.29 is 13.9 Å². The fourth-order valence-corrected chi connectivity index (χ4v) is 12.4. The van der Waals surface area contributed by atoms with Crippen LogP contribution >= 0.6 is 0 Å². The Labute approximate surface area is 330 Å². The first-order valence-corrected chi connectivity index (χ1v) is 25.0. The lowest BCUT2D eigenvalue weighted by molar-refractivity contribution is 0.0139. The maximum absolute atomic E-state index is 15.3. The highest BCUT2D eigenvalue weighted by molar-refractivity contribution is 4.90. The fourth-order valence-electron chi connectivity index (χ4n) is 12.4. The smallest absolute Gasteiger partial charge is 0.101 e. The zero-order valence-corrected chi connectivity index (χ0v) is 35.7. The molecule has 0 bridgehead atoms. The molecule has 0 spiro atoms. The minimum absolute atomic E-state index is 0.524. The molecule has 5 rings (SSSR count). The van der Waals surface area contributed by atoms with Crippen LogP contribution in [-0.2, 0) is 9.47 Å². The van der Waals surface area contributed by atoms with Gasteiger partial charge in [0.15, 0.2) is 0 Å². The van der Waals surface area contributed by atoms with Crippen LogP contribution in [0.1, 0.15) is 239 Å². The molecule has 2 unspecified atom stereocenters. The molecular formula is C50H91FO2. The van der Waals surface area contributed by atoms with Gasteiger partial charge in [0.25, 0.3) is 0 Å². The first kappa shape index (κ1) is 44.0. The average Bonchev–Trinajstić information content (AvgIpc) is 3.19. The van der Waals surface area contributed by atoms with E-state index in [0.29, 0.717) is 24.0 Å². The van der Waals surface area contributed by atoms with Crippen molar-refractivity contribution in [2.45, 2.75) is 257 Å². The highest BCUT2D eigenvalue weighted by Crippen LogP contribution is 2.48. The molecule has 5 fully saturated rings. The minimum atomic E-state index is -0.524. The number of hydrogen-bond donors (Lipinski definition) is 0. The van der Waals surface area contributed by atoms with Crippen molar-refractivity contribution in [3.63, 3.8) is 0 Å². The van der Waals surface area contributed by atoms with Gasteiger partial charge in [-0.05, 0) is 156 Å². The highest BCUT2D eigenvalue weighted by Gasteiger charge is 2.39. The van der Waals surface area contributed by atoms with E-state index in [1.807, 2.05) is 0 Å². The van der Waals surface area contributed by atoms with Crippen LogP contribution in [-0.4, -0.2) is 31.6 Å². The van der Waals surface area contributed by atoms with E-state index in [-0.39, 0.29) is 0 Å². The second kappa shape index (κ2) is 26.0. The Morgan fingerprint density at radius 1 is 0.358 bits per heavy atom. The van der Waals surface area contributed by atoms with E-state index in [2.05, 4.69) is 13.8 Å². The topological polar surface area (TPSA) is 18.5 Å². The van der Waals surface area contributed by atoms with Gasteiger partial charge in [-0.1, -0.05) is 129 Å². The van der Waals surface area contributed by atoms with Crippen LogP contribution in [0.25, 0.3) is 0 Å². The molecule has 0 saturated heterocycles. The Morgan fingerprint density at radius 2 is 0.679 bits per heavy atom. The Morgan fingerprint density at radius 3 is 1.04 bits per heavy atom. The number of halogens is 1. The van der Waals surface area contributed by atoms with Crippen LogP contribution in [0, 0.1) is 47.3 Å². The van der Waals surface area contributed by atoms with Gasteiger partial charge in [-0.15, -0.1) is 0 Å². The monoisotopic (exact) mass is 743 g/mol. The molecule has 3 heteroatoms. The lowest BCUT2D eigenvalue weighted by Crippen LogP contribution is -2.35. The van der Waals surface area contributed by atoms with E-state index in [1.165, 1.54) is 212 Å². The number of alkyl halides is 1. The molecule has 5 saturated carbocycles. The quantitative estimate of drug-likeness (QED) is 0.0917. The first-order valence-electron chi connectivity index (χ1n) is 25.0. The van der Waals surface area contributed by atoms with Gasteiger partial charge in [-0.2, -0.15) is 0 Å². The highest BCUT2D eigenvalue weighted by atomic mass is 19.1. The molecule has 5 aliphatic rings. The molecule has 5 aliphatic carbocycles. The normalized spacial score (nSPS) is 35.7. The third-order valence-electron chi connectivity index (χ3n) is 16.1. The molecular weight excluding hydrogens is 652 g/mol. The van der Waals surface area contributed by atoms with Gasteiger partial charge in [0, 0.05) is 13.2 Å². The van der Waals surface area contributed by atoms with Crippen molar-refractivity contribution in [2.24, 2.45) is 47.3 Å². The van der Waals surface area contributed by atoms with E-state index in [1.54, 1.807) is 0 Å². The predicted molar refractivity (Wildman–Crippen MR) is 225 cm³/mol. The summed E-state index contributed by atoms with van der Waals surface area (Å²) >= 11 is 0. The summed E-state index contributed by atoms with van der Waals surface area (Å²) in [7, 11) is 0. The molecule has 2 nitrogen and oxygen atoms in total. The van der Waals surface area contributed by atoms with Gasteiger partial charge in [0.2, 0.25) is 0 Å². The fraction of sp³-hybridized carbons (Fsp3) is 1.00. The molecule has 53 heavy (non-hydrogen) atoms. The van der Waals surface area contributed by atoms with Crippen molar-refractivity contribution in [1.29, 1.82) is 0 Å². The van der Waals surface area contributed by atoms with Crippen LogP contribution in [0.3, 0.4) is 0 Å². The summed E-state index contributed by atoms with van der Waals surface area (Å²) < 4.78 is 27.9. The SMILES string of the molecule is CCCCCCCCOC1CCC(CCC2CCC(C3CC(F)CC(C4CCC(CCC5CCC(OCCCCCCCC)CC5)CC4)C3)CC2)CC1. The third kappa shape index (κ3) is 16.7. The molecule has 0 aromatic heterocycles. The number of rotatable bonds is 24. The van der Waals surface area contributed by atoms with E-state index < -0.39 is 6.17 Å². The van der Waals surface area contributed by atoms with E-state index in [9.17, 15) is 0 Å². The summed E-state index contributed by atoms with van der Waals surface area (Å²) in [5, 5.41) is 0. The van der Waals surface area contributed by atoms with Crippen molar-refractivity contribution >= 4 is 0 Å². The maximum Gasteiger partial charge on any atom is 0.101 e. The molecule has 0 aromatic carbocycles. The van der Waals surface area contributed by atoms with Crippen molar-refractivity contribution in [3.05, 3.63) is 0 Å². The maximum atomic E-state index is 15.3. The number of hydrogen-bond acceptors (Lipinski definition) is 2. The Balaban J connectivity index is 0.879. The van der Waals surface area contributed by atoms with Gasteiger partial charge < -0.3 is 9.47 Å². The molecule has 0 amide bonds. The van der Waals surface area contributed by atoms with Crippen molar-refractivity contribution in [2.75, 3.05) is 13.2 Å². The zero-order valence-electron chi connectivity index (χ0n) is 35.7. The summed E-state index contributed by atoms with van der Waals surface area (Å²) in [5.41, 5.74) is 0. The summed E-state index contributed by atoms with van der Waals surface area (Å²) in [5.74, 6) is 6.78. The lowest BCUT2D eigenvalue weighted by atomic mass is 9.63.